The number of hydrogen-bond donors (Lipinski definition) is 0. The van der Waals surface area contributed by atoms with Gasteiger partial charge in [0.2, 0.25) is 5.90 Å². The molecule has 0 unspecified atom stereocenters. The van der Waals surface area contributed by atoms with Gasteiger partial charge in [0.1, 0.15) is 12.4 Å². The Balaban J connectivity index is 2.58. The van der Waals surface area contributed by atoms with Crippen molar-refractivity contribution in [2.75, 3.05) is 6.61 Å². The first kappa shape index (κ1) is 6.99. The molecule has 0 saturated heterocycles. The van der Waals surface area contributed by atoms with Crippen molar-refractivity contribution >= 4 is 5.90 Å². The molecule has 1 aromatic rings. The highest BCUT2D eigenvalue weighted by molar-refractivity contribution is 5.97. The zero-order valence-electron chi connectivity index (χ0n) is 11.7. The van der Waals surface area contributed by atoms with E-state index in [4.69, 9.17) is 8.85 Å². The highest BCUT2D eigenvalue weighted by Crippen LogP contribution is 2.23. The smallest absolute Gasteiger partial charge is 0.220 e. The average Bonchev–Trinajstić information content (AvgIpc) is 2.57. The third-order valence-corrected chi connectivity index (χ3v) is 2.19. The molecule has 1 aromatic carbocycles. The predicted molar refractivity (Wildman–Crippen MR) is 57.7 cm³/mol. The summed E-state index contributed by atoms with van der Waals surface area (Å²) in [4.78, 5) is 4.23. The van der Waals surface area contributed by atoms with Crippen LogP contribution in [0.4, 0.5) is 4.39 Å². The molecule has 2 nitrogen and oxygen atoms in total. The maximum atomic E-state index is 13.9. The fourth-order valence-electron chi connectivity index (χ4n) is 1.45. The summed E-state index contributed by atoms with van der Waals surface area (Å²) in [6.07, 6.45) is 0. The van der Waals surface area contributed by atoms with Gasteiger partial charge in [0.25, 0.3) is 0 Å². The van der Waals surface area contributed by atoms with E-state index in [9.17, 15) is 4.39 Å². The number of aliphatic imine (C=N–C) groups is 1. The van der Waals surface area contributed by atoms with Gasteiger partial charge in [-0.25, -0.2) is 9.38 Å². The first-order valence-corrected chi connectivity index (χ1v) is 4.73. The Morgan fingerprint density at radius 1 is 1.53 bits per heavy atom. The summed E-state index contributed by atoms with van der Waals surface area (Å²) >= 11 is 0. The third kappa shape index (κ3) is 1.87. The Bertz CT molecular complexity index is 509. The van der Waals surface area contributed by atoms with E-state index in [1.807, 2.05) is 13.8 Å². The third-order valence-electron chi connectivity index (χ3n) is 2.19. The number of rotatable bonds is 1. The molecule has 0 fully saturated rings. The Morgan fingerprint density at radius 3 is 2.93 bits per heavy atom. The van der Waals surface area contributed by atoms with Gasteiger partial charge in [-0.3, -0.25) is 0 Å². The summed E-state index contributed by atoms with van der Waals surface area (Å²) in [6.45, 7) is 1.61. The molecule has 0 aromatic heterocycles. The molecule has 80 valence electrons. The zero-order chi connectivity index (χ0) is 13.6. The minimum atomic E-state index is -2.39. The van der Waals surface area contributed by atoms with Crippen molar-refractivity contribution < 1.29 is 13.2 Å². The van der Waals surface area contributed by atoms with Crippen molar-refractivity contribution in [3.8, 4) is 0 Å². The molecular formula is C12H14FNO. The van der Waals surface area contributed by atoms with Crippen LogP contribution in [0.25, 0.3) is 0 Å². The van der Waals surface area contributed by atoms with Crippen LogP contribution in [0.15, 0.2) is 23.2 Å². The Kier molecular flexibility index (Phi) is 1.55. The van der Waals surface area contributed by atoms with Crippen molar-refractivity contribution in [3.05, 3.63) is 35.1 Å². The molecule has 0 aliphatic carbocycles. The van der Waals surface area contributed by atoms with Gasteiger partial charge < -0.3 is 4.74 Å². The summed E-state index contributed by atoms with van der Waals surface area (Å²) in [6, 6.07) is 3.96. The lowest BCUT2D eigenvalue weighted by Gasteiger charge is -2.07. The number of benzene rings is 1. The van der Waals surface area contributed by atoms with E-state index in [1.165, 1.54) is 18.2 Å². The number of halogens is 1. The minimum Gasteiger partial charge on any atom is -0.475 e. The molecule has 0 bridgehead atoms. The second-order valence-corrected chi connectivity index (χ2v) is 4.18. The van der Waals surface area contributed by atoms with Gasteiger partial charge in [-0.2, -0.15) is 0 Å². The van der Waals surface area contributed by atoms with Crippen LogP contribution in [0, 0.1) is 12.7 Å². The van der Waals surface area contributed by atoms with Gasteiger partial charge in [0.05, 0.1) is 11.1 Å². The molecule has 15 heavy (non-hydrogen) atoms. The molecular weight excluding hydrogens is 193 g/mol. The molecule has 0 saturated carbocycles. The van der Waals surface area contributed by atoms with Crippen molar-refractivity contribution in [2.24, 2.45) is 4.99 Å². The molecule has 0 spiro atoms. The van der Waals surface area contributed by atoms with Crippen molar-refractivity contribution in [1.82, 2.24) is 0 Å². The normalized spacial score (nSPS) is 22.3. The van der Waals surface area contributed by atoms with Crippen LogP contribution in [0.5, 0.6) is 0 Å². The number of ether oxygens (including phenoxy) is 1. The maximum Gasteiger partial charge on any atom is 0.220 e. The van der Waals surface area contributed by atoms with Crippen LogP contribution in [-0.4, -0.2) is 18.0 Å². The van der Waals surface area contributed by atoms with E-state index in [2.05, 4.69) is 4.99 Å². The second kappa shape index (κ2) is 3.33. The molecule has 3 heteroatoms. The second-order valence-electron chi connectivity index (χ2n) is 4.18. The first-order chi connectivity index (χ1) is 8.21. The van der Waals surface area contributed by atoms with E-state index >= 15 is 0 Å². The average molecular weight is 210 g/mol. The monoisotopic (exact) mass is 210 g/mol. The lowest BCUT2D eigenvalue weighted by Crippen LogP contribution is -2.17. The molecule has 1 heterocycles. The van der Waals surface area contributed by atoms with Gasteiger partial charge in [-0.05, 0) is 32.3 Å². The zero-order valence-corrected chi connectivity index (χ0v) is 8.67. The van der Waals surface area contributed by atoms with Gasteiger partial charge in [0.15, 0.2) is 0 Å². The Labute approximate surface area is 93.0 Å². The molecule has 0 N–H and O–H groups in total. The molecule has 1 aliphatic heterocycles. The fraction of sp³-hybridized carbons (Fsp3) is 0.417. The minimum absolute atomic E-state index is 0.0527. The Morgan fingerprint density at radius 2 is 2.33 bits per heavy atom. The summed E-state index contributed by atoms with van der Waals surface area (Å²) < 4.78 is 41.5. The quantitative estimate of drug-likeness (QED) is 0.698. The summed E-state index contributed by atoms with van der Waals surface area (Å²) in [5.74, 6) is -0.552. The highest BCUT2D eigenvalue weighted by atomic mass is 19.1. The molecule has 1 aliphatic rings. The highest BCUT2D eigenvalue weighted by Gasteiger charge is 2.29. The number of nitrogens with zero attached hydrogens (tertiary/aromatic N) is 1. The van der Waals surface area contributed by atoms with Crippen LogP contribution in [0.3, 0.4) is 0 Å². The molecule has 2 rings (SSSR count). The van der Waals surface area contributed by atoms with E-state index in [-0.39, 0.29) is 17.0 Å². The summed E-state index contributed by atoms with van der Waals surface area (Å²) in [5.41, 5.74) is -0.578. The van der Waals surface area contributed by atoms with Crippen LogP contribution < -0.4 is 0 Å². The van der Waals surface area contributed by atoms with E-state index in [0.29, 0.717) is 6.61 Å². The van der Waals surface area contributed by atoms with Crippen LogP contribution in [0.2, 0.25) is 0 Å². The number of aryl methyl sites for hydroxylation is 1. The standard InChI is InChI=1S/C12H14FNO/c1-8-5-4-6-9(13)10(8)11-14-12(2,3)7-15-11/h4-6H,7H2,1-3H3/i1D3. The van der Waals surface area contributed by atoms with Crippen molar-refractivity contribution in [1.29, 1.82) is 0 Å². The SMILES string of the molecule is [2H]C([2H])([2H])c1cccc(F)c1C1=NC(C)(C)CO1. The number of hydrogen-bond acceptors (Lipinski definition) is 2. The van der Waals surface area contributed by atoms with Gasteiger partial charge in [-0.1, -0.05) is 12.1 Å². The fourth-order valence-corrected chi connectivity index (χ4v) is 1.45. The summed E-state index contributed by atoms with van der Waals surface area (Å²) in [5, 5.41) is 0. The van der Waals surface area contributed by atoms with Crippen LogP contribution in [-0.2, 0) is 4.74 Å². The topological polar surface area (TPSA) is 21.6 Å². The first-order valence-electron chi connectivity index (χ1n) is 6.23. The maximum absolute atomic E-state index is 13.9. The van der Waals surface area contributed by atoms with Gasteiger partial charge in [0, 0.05) is 4.11 Å². The van der Waals surface area contributed by atoms with Crippen LogP contribution >= 0.6 is 0 Å². The van der Waals surface area contributed by atoms with Crippen molar-refractivity contribution in [3.63, 3.8) is 0 Å². The summed E-state index contributed by atoms with van der Waals surface area (Å²) in [7, 11) is 0. The largest absolute Gasteiger partial charge is 0.475 e. The molecule has 0 amide bonds. The predicted octanol–water partition coefficient (Wildman–Crippen LogP) is 2.69. The lowest BCUT2D eigenvalue weighted by atomic mass is 10.1. The van der Waals surface area contributed by atoms with E-state index in [1.54, 1.807) is 0 Å². The van der Waals surface area contributed by atoms with E-state index < -0.39 is 18.2 Å². The van der Waals surface area contributed by atoms with Gasteiger partial charge in [-0.15, -0.1) is 0 Å². The van der Waals surface area contributed by atoms with Crippen molar-refractivity contribution in [2.45, 2.75) is 26.2 Å². The van der Waals surface area contributed by atoms with E-state index in [0.717, 1.165) is 0 Å². The molecule has 0 atom stereocenters. The Hall–Kier alpha value is -1.38. The molecule has 0 radical (unpaired) electrons. The van der Waals surface area contributed by atoms with Crippen LogP contribution in [0.1, 0.15) is 29.1 Å². The van der Waals surface area contributed by atoms with Gasteiger partial charge >= 0.3 is 0 Å². The lowest BCUT2D eigenvalue weighted by molar-refractivity contribution is 0.279.